The van der Waals surface area contributed by atoms with Crippen molar-refractivity contribution in [2.75, 3.05) is 34.4 Å². The van der Waals surface area contributed by atoms with Crippen LogP contribution in [0.1, 0.15) is 16.7 Å². The van der Waals surface area contributed by atoms with Crippen LogP contribution in [0.4, 0.5) is 9.18 Å². The molecule has 182 valence electrons. The van der Waals surface area contributed by atoms with E-state index in [-0.39, 0.29) is 34.2 Å². The van der Waals surface area contributed by atoms with Crippen LogP contribution < -0.4 is 15.1 Å². The molecular formula is C23H24ClFN2O6S. The Morgan fingerprint density at radius 3 is 2.68 bits per heavy atom. The first-order chi connectivity index (χ1) is 16.1. The van der Waals surface area contributed by atoms with Crippen LogP contribution >= 0.6 is 11.6 Å². The van der Waals surface area contributed by atoms with Crippen LogP contribution in [0.25, 0.3) is 11.0 Å². The Labute approximate surface area is 203 Å². The number of hydrogen-bond acceptors (Lipinski definition) is 6. The molecule has 0 spiro atoms. The SMILES string of the molecule is COCCNS(=O)c1cc(Cc2c(C)c3cc(Cl)c(OC(=O)N(C)C)cc3oc2=O)ccc1F. The smallest absolute Gasteiger partial charge is 0.414 e. The molecule has 1 N–H and O–H groups in total. The van der Waals surface area contributed by atoms with Crippen molar-refractivity contribution in [3.8, 4) is 5.75 Å². The number of hydrogen-bond donors (Lipinski definition) is 1. The molecule has 0 bridgehead atoms. The van der Waals surface area contributed by atoms with E-state index in [1.807, 2.05) is 0 Å². The quantitative estimate of drug-likeness (QED) is 0.365. The van der Waals surface area contributed by atoms with Gasteiger partial charge < -0.3 is 18.8 Å². The van der Waals surface area contributed by atoms with Gasteiger partial charge in [-0.2, -0.15) is 0 Å². The standard InChI is InChI=1S/C23H24ClFN2O6S/c1-13-15-11-17(24)20(33-23(29)27(2)3)12-19(15)32-22(28)16(13)9-14-5-6-18(25)21(10-14)34(30)26-7-8-31-4/h5-6,10-12,26H,7-9H2,1-4H3. The van der Waals surface area contributed by atoms with Crippen LogP contribution in [0.3, 0.4) is 0 Å². The lowest BCUT2D eigenvalue weighted by Crippen LogP contribution is -2.25. The summed E-state index contributed by atoms with van der Waals surface area (Å²) in [4.78, 5) is 25.8. The second-order valence-electron chi connectivity index (χ2n) is 7.63. The van der Waals surface area contributed by atoms with Crippen molar-refractivity contribution in [2.24, 2.45) is 0 Å². The van der Waals surface area contributed by atoms with E-state index in [9.17, 15) is 18.2 Å². The Hall–Kier alpha value is -2.79. The van der Waals surface area contributed by atoms with Gasteiger partial charge in [-0.3, -0.25) is 0 Å². The van der Waals surface area contributed by atoms with Crippen LogP contribution in [-0.2, 0) is 22.1 Å². The third-order valence-corrected chi connectivity index (χ3v) is 6.49. The van der Waals surface area contributed by atoms with E-state index in [1.54, 1.807) is 13.0 Å². The summed E-state index contributed by atoms with van der Waals surface area (Å²) >= 11 is 6.29. The van der Waals surface area contributed by atoms with Gasteiger partial charge in [0.25, 0.3) is 0 Å². The zero-order valence-corrected chi connectivity index (χ0v) is 20.6. The van der Waals surface area contributed by atoms with Gasteiger partial charge in [-0.05, 0) is 36.2 Å². The normalized spacial score (nSPS) is 12.1. The molecule has 1 atom stereocenters. The summed E-state index contributed by atoms with van der Waals surface area (Å²) in [7, 11) is 2.78. The predicted molar refractivity (Wildman–Crippen MR) is 127 cm³/mol. The van der Waals surface area contributed by atoms with E-state index >= 15 is 0 Å². The van der Waals surface area contributed by atoms with Gasteiger partial charge in [0, 0.05) is 51.2 Å². The number of nitrogens with zero attached hydrogens (tertiary/aromatic N) is 1. The van der Waals surface area contributed by atoms with Gasteiger partial charge >= 0.3 is 11.7 Å². The molecule has 3 aromatic rings. The van der Waals surface area contributed by atoms with Crippen molar-refractivity contribution < 1.29 is 27.3 Å². The number of aryl methyl sites for hydroxylation is 1. The molecule has 1 amide bonds. The van der Waals surface area contributed by atoms with Crippen molar-refractivity contribution in [3.05, 3.63) is 68.3 Å². The summed E-state index contributed by atoms with van der Waals surface area (Å²) in [5.74, 6) is -0.560. The number of nitrogens with one attached hydrogen (secondary N) is 1. The molecule has 0 aliphatic carbocycles. The fourth-order valence-electron chi connectivity index (χ4n) is 3.18. The molecule has 0 aliphatic heterocycles. The average molecular weight is 511 g/mol. The summed E-state index contributed by atoms with van der Waals surface area (Å²) in [6, 6.07) is 7.13. The van der Waals surface area contributed by atoms with Gasteiger partial charge in [-0.1, -0.05) is 17.7 Å². The molecular weight excluding hydrogens is 487 g/mol. The highest BCUT2D eigenvalue weighted by molar-refractivity contribution is 7.83. The van der Waals surface area contributed by atoms with Gasteiger partial charge in [-0.15, -0.1) is 0 Å². The topological polar surface area (TPSA) is 98.1 Å². The van der Waals surface area contributed by atoms with Crippen molar-refractivity contribution in [1.82, 2.24) is 9.62 Å². The third kappa shape index (κ3) is 5.82. The fraction of sp³-hybridized carbons (Fsp3) is 0.304. The van der Waals surface area contributed by atoms with Crippen LogP contribution in [0.15, 0.2) is 44.4 Å². The average Bonchev–Trinajstić information content (AvgIpc) is 2.79. The first kappa shape index (κ1) is 25.8. The maximum atomic E-state index is 14.3. The van der Waals surface area contributed by atoms with Gasteiger partial charge in [0.2, 0.25) is 0 Å². The predicted octanol–water partition coefficient (Wildman–Crippen LogP) is 3.80. The molecule has 11 heteroatoms. The highest BCUT2D eigenvalue weighted by Gasteiger charge is 2.18. The number of fused-ring (bicyclic) bond motifs is 1. The Kier molecular flexibility index (Phi) is 8.42. The first-order valence-corrected chi connectivity index (χ1v) is 11.7. The second-order valence-corrected chi connectivity index (χ2v) is 9.30. The van der Waals surface area contributed by atoms with E-state index < -0.39 is 28.5 Å². The van der Waals surface area contributed by atoms with Crippen LogP contribution in [0.2, 0.25) is 5.02 Å². The number of halogens is 2. The zero-order valence-electron chi connectivity index (χ0n) is 19.1. The minimum Gasteiger partial charge on any atom is -0.422 e. The van der Waals surface area contributed by atoms with Gasteiger partial charge in [0.15, 0.2) is 5.75 Å². The largest absolute Gasteiger partial charge is 0.422 e. The molecule has 0 saturated heterocycles. The highest BCUT2D eigenvalue weighted by Crippen LogP contribution is 2.32. The summed E-state index contributed by atoms with van der Waals surface area (Å²) in [5, 5.41) is 0.739. The minimum atomic E-state index is -1.78. The third-order valence-electron chi connectivity index (χ3n) is 5.02. The van der Waals surface area contributed by atoms with Crippen molar-refractivity contribution >= 4 is 39.6 Å². The van der Waals surface area contributed by atoms with Crippen molar-refractivity contribution in [1.29, 1.82) is 0 Å². The Balaban J connectivity index is 1.95. The Morgan fingerprint density at radius 1 is 1.26 bits per heavy atom. The summed E-state index contributed by atoms with van der Waals surface area (Å²) in [6.45, 7) is 2.35. The van der Waals surface area contributed by atoms with Crippen molar-refractivity contribution in [2.45, 2.75) is 18.2 Å². The second kappa shape index (κ2) is 11.1. The molecule has 0 saturated carbocycles. The molecule has 1 unspecified atom stereocenters. The van der Waals surface area contributed by atoms with E-state index in [2.05, 4.69) is 4.72 Å². The molecule has 8 nitrogen and oxygen atoms in total. The summed E-state index contributed by atoms with van der Waals surface area (Å²) < 4.78 is 44.9. The minimum absolute atomic E-state index is 0.0215. The van der Waals surface area contributed by atoms with E-state index in [1.165, 1.54) is 50.4 Å². The van der Waals surface area contributed by atoms with Crippen LogP contribution in [0, 0.1) is 12.7 Å². The monoisotopic (exact) mass is 510 g/mol. The molecule has 3 rings (SSSR count). The maximum Gasteiger partial charge on any atom is 0.414 e. The molecule has 0 fully saturated rings. The van der Waals surface area contributed by atoms with Crippen LogP contribution in [-0.4, -0.2) is 49.6 Å². The number of carbonyl (C=O) groups is 1. The molecule has 1 heterocycles. The van der Waals surface area contributed by atoms with Crippen molar-refractivity contribution in [3.63, 3.8) is 0 Å². The lowest BCUT2D eigenvalue weighted by Gasteiger charge is -2.14. The fourth-order valence-corrected chi connectivity index (χ4v) is 4.31. The van der Waals surface area contributed by atoms with E-state index in [0.717, 1.165) is 0 Å². The number of benzene rings is 2. The number of methoxy groups -OCH3 is 1. The number of amides is 1. The van der Waals surface area contributed by atoms with E-state index in [0.29, 0.717) is 28.7 Å². The molecule has 2 aromatic carbocycles. The molecule has 0 aliphatic rings. The van der Waals surface area contributed by atoms with Gasteiger partial charge in [-0.25, -0.2) is 22.9 Å². The Bertz CT molecular complexity index is 1310. The highest BCUT2D eigenvalue weighted by atomic mass is 35.5. The van der Waals surface area contributed by atoms with E-state index in [4.69, 9.17) is 25.5 Å². The number of ether oxygens (including phenoxy) is 2. The summed E-state index contributed by atoms with van der Waals surface area (Å²) in [5.41, 5.74) is 1.15. The van der Waals surface area contributed by atoms with Gasteiger partial charge in [0.05, 0.1) is 16.5 Å². The van der Waals surface area contributed by atoms with Gasteiger partial charge in [0.1, 0.15) is 22.4 Å². The lowest BCUT2D eigenvalue weighted by atomic mass is 9.99. The molecule has 1 aromatic heterocycles. The lowest BCUT2D eigenvalue weighted by molar-refractivity contribution is 0.172. The Morgan fingerprint density at radius 2 is 2.00 bits per heavy atom. The maximum absolute atomic E-state index is 14.3. The first-order valence-electron chi connectivity index (χ1n) is 10.2. The number of carbonyl (C=O) groups excluding carboxylic acids is 1. The number of rotatable bonds is 8. The summed E-state index contributed by atoms with van der Waals surface area (Å²) in [6.07, 6.45) is -0.500. The molecule has 0 radical (unpaired) electrons. The molecule has 34 heavy (non-hydrogen) atoms. The zero-order chi connectivity index (χ0) is 25.0. The van der Waals surface area contributed by atoms with Crippen LogP contribution in [0.5, 0.6) is 5.75 Å².